The number of aromatic nitrogens is 1. The minimum Gasteiger partial charge on any atom is -0.356 e. The van der Waals surface area contributed by atoms with Crippen molar-refractivity contribution in [3.63, 3.8) is 0 Å². The first-order valence-electron chi connectivity index (χ1n) is 11.1. The number of fused-ring (bicyclic) bond motifs is 4. The molecule has 3 saturated heterocycles. The van der Waals surface area contributed by atoms with E-state index in [-0.39, 0.29) is 24.4 Å². The van der Waals surface area contributed by atoms with Crippen molar-refractivity contribution < 1.29 is 23.2 Å². The number of nitrogens with one attached hydrogen (secondary N) is 3. The molecule has 1 saturated carbocycles. The lowest BCUT2D eigenvalue weighted by Crippen LogP contribution is -2.68. The molecule has 0 unspecified atom stereocenters. The van der Waals surface area contributed by atoms with Crippen LogP contribution >= 0.6 is 22.9 Å². The highest BCUT2D eigenvalue weighted by molar-refractivity contribution is 7.17. The molecule has 2 aromatic rings. The van der Waals surface area contributed by atoms with E-state index in [1.165, 1.54) is 16.2 Å². The molecule has 3 aliphatic heterocycles. The van der Waals surface area contributed by atoms with Crippen molar-refractivity contribution in [3.05, 3.63) is 22.2 Å². The lowest BCUT2D eigenvalue weighted by atomic mass is 9.71. The Bertz CT molecular complexity index is 1210. The van der Waals surface area contributed by atoms with Crippen LogP contribution in [-0.4, -0.2) is 58.2 Å². The van der Waals surface area contributed by atoms with Crippen LogP contribution in [0.4, 0.5) is 8.78 Å². The Hall–Kier alpha value is -2.71. The van der Waals surface area contributed by atoms with Crippen molar-refractivity contribution in [1.29, 1.82) is 5.26 Å². The van der Waals surface area contributed by atoms with Gasteiger partial charge in [0.1, 0.15) is 17.8 Å². The number of rotatable bonds is 5. The minimum atomic E-state index is -3.10. The number of hydrogen-bond donors (Lipinski definition) is 3. The number of carbonyl (C=O) groups is 3. The van der Waals surface area contributed by atoms with Crippen LogP contribution < -0.4 is 10.6 Å². The molecular weight excluding hydrogens is 488 g/mol. The number of nitriles is 1. The minimum absolute atomic E-state index is 0.0879. The SMILES string of the molecule is N#C[C@H](C[C@H]1CCNC1=O)NC(=O)[C@@H]1[C@H]2CC[C@H](CC2(F)F)N1C(=O)c1cc2scc(Cl)c2[nH]1. The van der Waals surface area contributed by atoms with Crippen molar-refractivity contribution in [2.45, 2.75) is 56.2 Å². The summed E-state index contributed by atoms with van der Waals surface area (Å²) in [6.45, 7) is 0.494. The molecule has 4 aliphatic rings. The van der Waals surface area contributed by atoms with Gasteiger partial charge in [-0.15, -0.1) is 11.3 Å². The molecule has 0 spiro atoms. The number of piperidine rings is 2. The standard InChI is InChI=1S/C22H22ClF2N5O3S/c23-14-9-34-16-6-15(29-17(14)16)21(33)30-12-1-2-13(22(24,25)7-12)18(30)20(32)28-11(8-26)5-10-3-4-27-19(10)31/h6,9-13,18,29H,1-5,7H2,(H,27,31)(H,28,32)/t10-,11+,12-,13-,18+/m1/s1. The number of halogens is 3. The molecule has 3 amide bonds. The molecule has 34 heavy (non-hydrogen) atoms. The van der Waals surface area contributed by atoms with Gasteiger partial charge >= 0.3 is 0 Å². The summed E-state index contributed by atoms with van der Waals surface area (Å²) < 4.78 is 30.5. The van der Waals surface area contributed by atoms with Gasteiger partial charge in [-0.25, -0.2) is 8.78 Å². The summed E-state index contributed by atoms with van der Waals surface area (Å²) in [7, 11) is 0. The molecule has 4 fully saturated rings. The van der Waals surface area contributed by atoms with Crippen molar-refractivity contribution in [2.24, 2.45) is 11.8 Å². The van der Waals surface area contributed by atoms with Gasteiger partial charge in [0.25, 0.3) is 11.8 Å². The third-order valence-corrected chi connectivity index (χ3v) is 8.49. The average Bonchev–Trinajstić information content (AvgIpc) is 3.49. The van der Waals surface area contributed by atoms with Gasteiger partial charge in [-0.05, 0) is 31.7 Å². The average molecular weight is 510 g/mol. The quantitative estimate of drug-likeness (QED) is 0.574. The van der Waals surface area contributed by atoms with Gasteiger partial charge in [0.15, 0.2) is 0 Å². The van der Waals surface area contributed by atoms with E-state index in [0.717, 1.165) is 4.70 Å². The monoisotopic (exact) mass is 509 g/mol. The predicted molar refractivity (Wildman–Crippen MR) is 120 cm³/mol. The third-order valence-electron chi connectivity index (χ3n) is 7.13. The van der Waals surface area contributed by atoms with Crippen molar-refractivity contribution in [2.75, 3.05) is 6.54 Å². The maximum Gasteiger partial charge on any atom is 0.271 e. The van der Waals surface area contributed by atoms with E-state index in [4.69, 9.17) is 11.6 Å². The number of nitrogens with zero attached hydrogens (tertiary/aromatic N) is 2. The van der Waals surface area contributed by atoms with Gasteiger partial charge < -0.3 is 20.5 Å². The van der Waals surface area contributed by atoms with E-state index in [1.807, 2.05) is 6.07 Å². The number of aromatic amines is 1. The molecule has 3 N–H and O–H groups in total. The second kappa shape index (κ2) is 8.50. The number of H-pyrrole nitrogens is 1. The largest absolute Gasteiger partial charge is 0.356 e. The van der Waals surface area contributed by atoms with Crippen molar-refractivity contribution >= 4 is 50.9 Å². The fourth-order valence-corrected chi connectivity index (χ4v) is 6.64. The van der Waals surface area contributed by atoms with Gasteiger partial charge in [0.05, 0.1) is 27.2 Å². The first kappa shape index (κ1) is 23.1. The van der Waals surface area contributed by atoms with Crippen molar-refractivity contribution in [1.82, 2.24) is 20.5 Å². The first-order chi connectivity index (χ1) is 16.2. The summed E-state index contributed by atoms with van der Waals surface area (Å²) in [6, 6.07) is 0.323. The Kier molecular flexibility index (Phi) is 5.76. The van der Waals surface area contributed by atoms with Crippen LogP contribution in [0.15, 0.2) is 11.4 Å². The van der Waals surface area contributed by atoms with E-state index in [0.29, 0.717) is 29.9 Å². The van der Waals surface area contributed by atoms with E-state index >= 15 is 0 Å². The van der Waals surface area contributed by atoms with E-state index in [2.05, 4.69) is 15.6 Å². The Morgan fingerprint density at radius 1 is 1.38 bits per heavy atom. The second-order valence-electron chi connectivity index (χ2n) is 9.17. The van der Waals surface area contributed by atoms with Crippen LogP contribution in [0.2, 0.25) is 5.02 Å². The normalized spacial score (nSPS) is 28.5. The summed E-state index contributed by atoms with van der Waals surface area (Å²) in [5, 5.41) is 16.9. The highest BCUT2D eigenvalue weighted by atomic mass is 35.5. The number of hydrogen-bond acceptors (Lipinski definition) is 5. The Morgan fingerprint density at radius 2 is 2.18 bits per heavy atom. The van der Waals surface area contributed by atoms with Crippen LogP contribution in [0.1, 0.15) is 42.6 Å². The van der Waals surface area contributed by atoms with E-state index in [1.54, 1.807) is 11.4 Å². The van der Waals surface area contributed by atoms with Crippen LogP contribution in [0.25, 0.3) is 10.2 Å². The molecule has 12 heteroatoms. The van der Waals surface area contributed by atoms with Gasteiger partial charge in [-0.2, -0.15) is 5.26 Å². The molecule has 0 aromatic carbocycles. The van der Waals surface area contributed by atoms with Crippen LogP contribution in [0.3, 0.4) is 0 Å². The Balaban J connectivity index is 1.42. The lowest BCUT2D eigenvalue weighted by molar-refractivity contribution is -0.179. The predicted octanol–water partition coefficient (Wildman–Crippen LogP) is 3.05. The molecule has 0 radical (unpaired) electrons. The number of carbonyl (C=O) groups excluding carboxylic acids is 3. The summed E-state index contributed by atoms with van der Waals surface area (Å²) >= 11 is 7.49. The molecule has 8 nitrogen and oxygen atoms in total. The smallest absolute Gasteiger partial charge is 0.271 e. The number of alkyl halides is 2. The zero-order valence-corrected chi connectivity index (χ0v) is 19.5. The first-order valence-corrected chi connectivity index (χ1v) is 12.4. The zero-order valence-electron chi connectivity index (χ0n) is 17.9. The molecule has 1 aliphatic carbocycles. The third kappa shape index (κ3) is 3.82. The van der Waals surface area contributed by atoms with Crippen LogP contribution in [0.5, 0.6) is 0 Å². The maximum atomic E-state index is 14.9. The summed E-state index contributed by atoms with van der Waals surface area (Å²) in [5.41, 5.74) is 0.764. The van der Waals surface area contributed by atoms with E-state index in [9.17, 15) is 28.4 Å². The fraction of sp³-hybridized carbons (Fsp3) is 0.545. The topological polar surface area (TPSA) is 118 Å². The Labute approximate surface area is 202 Å². The van der Waals surface area contributed by atoms with Gasteiger partial charge in [-0.1, -0.05) is 11.6 Å². The molecule has 180 valence electrons. The molecule has 5 heterocycles. The van der Waals surface area contributed by atoms with E-state index < -0.39 is 54.1 Å². The second-order valence-corrected chi connectivity index (χ2v) is 10.5. The molecule has 6 rings (SSSR count). The van der Waals surface area contributed by atoms with Gasteiger partial charge in [0.2, 0.25) is 11.8 Å². The fourth-order valence-electron chi connectivity index (χ4n) is 5.49. The van der Waals surface area contributed by atoms with Crippen molar-refractivity contribution in [3.8, 4) is 6.07 Å². The molecule has 5 atom stereocenters. The lowest BCUT2D eigenvalue weighted by Gasteiger charge is -2.53. The summed E-state index contributed by atoms with van der Waals surface area (Å²) in [6.07, 6.45) is 0.594. The number of thiophene rings is 1. The van der Waals surface area contributed by atoms with Gasteiger partial charge in [0, 0.05) is 30.3 Å². The highest BCUT2D eigenvalue weighted by Gasteiger charge is 2.60. The maximum absolute atomic E-state index is 14.9. The summed E-state index contributed by atoms with van der Waals surface area (Å²) in [4.78, 5) is 42.9. The highest BCUT2D eigenvalue weighted by Crippen LogP contribution is 2.49. The molecular formula is C22H22ClF2N5O3S. The van der Waals surface area contributed by atoms with Crippen LogP contribution in [0, 0.1) is 23.2 Å². The van der Waals surface area contributed by atoms with Crippen LogP contribution in [-0.2, 0) is 9.59 Å². The molecule has 2 bridgehead atoms. The van der Waals surface area contributed by atoms with Gasteiger partial charge in [-0.3, -0.25) is 14.4 Å². The zero-order chi connectivity index (χ0) is 24.2. The molecule has 2 aromatic heterocycles. The number of amides is 3. The Morgan fingerprint density at radius 3 is 2.82 bits per heavy atom. The summed E-state index contributed by atoms with van der Waals surface area (Å²) in [5.74, 6) is -6.42.